The Hall–Kier alpha value is -0.590. The van der Waals surface area contributed by atoms with Gasteiger partial charge in [-0.3, -0.25) is 4.79 Å². The van der Waals surface area contributed by atoms with Gasteiger partial charge in [-0.25, -0.2) is 0 Å². The van der Waals surface area contributed by atoms with Gasteiger partial charge in [0.25, 0.3) is 0 Å². The van der Waals surface area contributed by atoms with Crippen molar-refractivity contribution in [3.63, 3.8) is 0 Å². The van der Waals surface area contributed by atoms with Crippen molar-refractivity contribution < 1.29 is 4.79 Å². The molecule has 0 spiro atoms. The van der Waals surface area contributed by atoms with E-state index in [0.29, 0.717) is 6.54 Å². The van der Waals surface area contributed by atoms with Gasteiger partial charge in [-0.1, -0.05) is 15.9 Å². The molecule has 1 aliphatic rings. The molecule has 19 heavy (non-hydrogen) atoms. The van der Waals surface area contributed by atoms with Crippen molar-refractivity contribution in [3.8, 4) is 0 Å². The van der Waals surface area contributed by atoms with Crippen LogP contribution in [0.25, 0.3) is 0 Å². The summed E-state index contributed by atoms with van der Waals surface area (Å²) >= 11 is 6.88. The molecule has 1 aromatic rings. The number of hydrogen-bond acceptors (Lipinski definition) is 3. The first-order valence-electron chi connectivity index (χ1n) is 6.21. The van der Waals surface area contributed by atoms with Gasteiger partial charge in [0, 0.05) is 40.8 Å². The van der Waals surface area contributed by atoms with Crippen molar-refractivity contribution in [1.29, 1.82) is 0 Å². The van der Waals surface area contributed by atoms with Crippen LogP contribution in [0.2, 0.25) is 0 Å². The van der Waals surface area contributed by atoms with Crippen LogP contribution in [0.1, 0.15) is 0 Å². The first kappa shape index (κ1) is 14.8. The molecule has 0 radical (unpaired) electrons. The molecule has 1 saturated heterocycles. The lowest BCUT2D eigenvalue weighted by Crippen LogP contribution is -2.48. The second-order valence-electron chi connectivity index (χ2n) is 4.66. The fourth-order valence-electron chi connectivity index (χ4n) is 1.97. The fraction of sp³-hybridized carbons (Fsp3) is 0.462. The summed E-state index contributed by atoms with van der Waals surface area (Å²) in [6.45, 7) is 3.88. The van der Waals surface area contributed by atoms with Crippen molar-refractivity contribution in [2.24, 2.45) is 0 Å². The lowest BCUT2D eigenvalue weighted by molar-refractivity contribution is -0.130. The van der Waals surface area contributed by atoms with E-state index >= 15 is 0 Å². The van der Waals surface area contributed by atoms with Gasteiger partial charge in [-0.2, -0.15) is 0 Å². The number of amides is 1. The number of rotatable bonds is 3. The minimum absolute atomic E-state index is 0.155. The Morgan fingerprint density at radius 3 is 2.58 bits per heavy atom. The molecule has 1 amide bonds. The van der Waals surface area contributed by atoms with Gasteiger partial charge < -0.3 is 15.1 Å². The number of carbonyl (C=O) groups excluding carboxylic acids is 1. The van der Waals surface area contributed by atoms with E-state index in [9.17, 15) is 4.79 Å². The molecule has 1 heterocycles. The van der Waals surface area contributed by atoms with Crippen LogP contribution in [0, 0.1) is 0 Å². The molecule has 1 fully saturated rings. The molecule has 2 rings (SSSR count). The summed E-state index contributed by atoms with van der Waals surface area (Å²) in [6.07, 6.45) is 0. The van der Waals surface area contributed by atoms with Crippen molar-refractivity contribution in [2.75, 3.05) is 45.1 Å². The van der Waals surface area contributed by atoms with E-state index in [-0.39, 0.29) is 5.91 Å². The summed E-state index contributed by atoms with van der Waals surface area (Å²) in [5.74, 6) is 0.155. The summed E-state index contributed by atoms with van der Waals surface area (Å²) in [5.41, 5.74) is 0.936. The van der Waals surface area contributed by atoms with Gasteiger partial charge in [0.15, 0.2) is 0 Å². The molecule has 1 aromatic carbocycles. The predicted octanol–water partition coefficient (Wildman–Crippen LogP) is 2.40. The number of halogens is 2. The Labute approximate surface area is 130 Å². The third kappa shape index (κ3) is 4.19. The summed E-state index contributed by atoms with van der Waals surface area (Å²) < 4.78 is 1.96. The van der Waals surface area contributed by atoms with Crippen LogP contribution in [0.15, 0.2) is 27.1 Å². The van der Waals surface area contributed by atoms with Crippen molar-refractivity contribution in [2.45, 2.75) is 0 Å². The number of anilines is 1. The number of piperazine rings is 1. The Morgan fingerprint density at radius 2 is 1.95 bits per heavy atom. The second-order valence-corrected chi connectivity index (χ2v) is 6.43. The SMILES string of the molecule is CN1CCN(C(=O)CNc2ccc(Br)cc2Br)CC1. The number of benzene rings is 1. The largest absolute Gasteiger partial charge is 0.375 e. The molecule has 104 valence electrons. The highest BCUT2D eigenvalue weighted by Crippen LogP contribution is 2.25. The normalized spacial score (nSPS) is 16.5. The molecular formula is C13H17Br2N3O. The maximum atomic E-state index is 12.1. The first-order chi connectivity index (χ1) is 9.06. The highest BCUT2D eigenvalue weighted by Gasteiger charge is 2.18. The van der Waals surface area contributed by atoms with Gasteiger partial charge in [-0.15, -0.1) is 0 Å². The second kappa shape index (κ2) is 6.72. The molecular weight excluding hydrogens is 374 g/mol. The molecule has 0 bridgehead atoms. The maximum absolute atomic E-state index is 12.1. The zero-order valence-corrected chi connectivity index (χ0v) is 14.0. The van der Waals surface area contributed by atoms with Crippen molar-refractivity contribution >= 4 is 43.5 Å². The van der Waals surface area contributed by atoms with Crippen LogP contribution in [-0.2, 0) is 4.79 Å². The Morgan fingerprint density at radius 1 is 1.26 bits per heavy atom. The third-order valence-electron chi connectivity index (χ3n) is 3.22. The molecule has 1 aliphatic heterocycles. The topological polar surface area (TPSA) is 35.6 Å². The van der Waals surface area contributed by atoms with Crippen molar-refractivity contribution in [3.05, 3.63) is 27.1 Å². The summed E-state index contributed by atoms with van der Waals surface area (Å²) in [6, 6.07) is 5.86. The van der Waals surface area contributed by atoms with E-state index in [2.05, 4.69) is 49.1 Å². The third-order valence-corrected chi connectivity index (χ3v) is 4.37. The zero-order chi connectivity index (χ0) is 13.8. The number of hydrogen-bond donors (Lipinski definition) is 1. The van der Waals surface area contributed by atoms with Crippen LogP contribution in [-0.4, -0.2) is 55.5 Å². The van der Waals surface area contributed by atoms with Crippen LogP contribution in [0.4, 0.5) is 5.69 Å². The molecule has 0 atom stereocenters. The van der Waals surface area contributed by atoms with E-state index in [1.807, 2.05) is 23.1 Å². The quantitative estimate of drug-likeness (QED) is 0.860. The standard InChI is InChI=1S/C13H17Br2N3O/c1-17-4-6-18(7-5-17)13(19)9-16-12-3-2-10(14)8-11(12)15/h2-3,8,16H,4-7,9H2,1H3. The summed E-state index contributed by atoms with van der Waals surface area (Å²) in [7, 11) is 2.08. The van der Waals surface area contributed by atoms with E-state index in [1.165, 1.54) is 0 Å². The molecule has 0 saturated carbocycles. The maximum Gasteiger partial charge on any atom is 0.241 e. The molecule has 0 aromatic heterocycles. The lowest BCUT2D eigenvalue weighted by Gasteiger charge is -2.32. The predicted molar refractivity (Wildman–Crippen MR) is 84.4 cm³/mol. The number of likely N-dealkylation sites (N-methyl/N-ethyl adjacent to an activating group) is 1. The van der Waals surface area contributed by atoms with Gasteiger partial charge >= 0.3 is 0 Å². The fourth-order valence-corrected chi connectivity index (χ4v) is 3.16. The summed E-state index contributed by atoms with van der Waals surface area (Å²) in [5, 5.41) is 3.18. The van der Waals surface area contributed by atoms with Gasteiger partial charge in [0.1, 0.15) is 0 Å². The van der Waals surface area contributed by atoms with Crippen LogP contribution < -0.4 is 5.32 Å². The summed E-state index contributed by atoms with van der Waals surface area (Å²) in [4.78, 5) is 16.2. The van der Waals surface area contributed by atoms with E-state index in [0.717, 1.165) is 40.8 Å². The molecule has 0 aliphatic carbocycles. The number of nitrogens with zero attached hydrogens (tertiary/aromatic N) is 2. The van der Waals surface area contributed by atoms with Gasteiger partial charge in [-0.05, 0) is 41.2 Å². The molecule has 0 unspecified atom stereocenters. The Kier molecular flexibility index (Phi) is 5.24. The minimum Gasteiger partial charge on any atom is -0.375 e. The average molecular weight is 391 g/mol. The van der Waals surface area contributed by atoms with E-state index in [1.54, 1.807) is 0 Å². The van der Waals surface area contributed by atoms with E-state index in [4.69, 9.17) is 0 Å². The average Bonchev–Trinajstić information content (AvgIpc) is 2.38. The molecule has 6 heteroatoms. The molecule has 4 nitrogen and oxygen atoms in total. The van der Waals surface area contributed by atoms with Crippen LogP contribution in [0.5, 0.6) is 0 Å². The highest BCUT2D eigenvalue weighted by molar-refractivity contribution is 9.11. The zero-order valence-electron chi connectivity index (χ0n) is 10.8. The number of carbonyl (C=O) groups is 1. The first-order valence-corrected chi connectivity index (χ1v) is 7.80. The Bertz CT molecular complexity index is 459. The van der Waals surface area contributed by atoms with Crippen LogP contribution in [0.3, 0.4) is 0 Å². The minimum atomic E-state index is 0.155. The molecule has 1 N–H and O–H groups in total. The van der Waals surface area contributed by atoms with Gasteiger partial charge in [0.2, 0.25) is 5.91 Å². The smallest absolute Gasteiger partial charge is 0.241 e. The Balaban J connectivity index is 1.86. The van der Waals surface area contributed by atoms with Crippen LogP contribution >= 0.6 is 31.9 Å². The lowest BCUT2D eigenvalue weighted by atomic mass is 10.3. The monoisotopic (exact) mass is 389 g/mol. The van der Waals surface area contributed by atoms with Crippen molar-refractivity contribution in [1.82, 2.24) is 9.80 Å². The van der Waals surface area contributed by atoms with Gasteiger partial charge in [0.05, 0.1) is 6.54 Å². The highest BCUT2D eigenvalue weighted by atomic mass is 79.9. The van der Waals surface area contributed by atoms with E-state index < -0.39 is 0 Å². The number of nitrogens with one attached hydrogen (secondary N) is 1.